The van der Waals surface area contributed by atoms with Crippen LogP contribution in [0.3, 0.4) is 0 Å². The van der Waals surface area contributed by atoms with Crippen LogP contribution in [0.4, 0.5) is 11.8 Å². The number of nitrogens with two attached hydrogens (primary N) is 1. The van der Waals surface area contributed by atoms with Crippen molar-refractivity contribution in [3.63, 3.8) is 0 Å². The highest BCUT2D eigenvalue weighted by Crippen LogP contribution is 2.22. The Bertz CT molecular complexity index is 1290. The molecule has 0 radical (unpaired) electrons. The third kappa shape index (κ3) is 3.37. The van der Waals surface area contributed by atoms with E-state index >= 15 is 0 Å². The topological polar surface area (TPSA) is 123 Å². The molecule has 0 fully saturated rings. The molecule has 1 atom stereocenters. The average molecular weight is 383 g/mol. The molecule has 8 nitrogen and oxygen atoms in total. The monoisotopic (exact) mass is 383 g/mol. The van der Waals surface area contributed by atoms with Gasteiger partial charge in [-0.2, -0.15) is 10.2 Å². The van der Waals surface area contributed by atoms with Gasteiger partial charge in [-0.05, 0) is 31.2 Å². The van der Waals surface area contributed by atoms with Crippen LogP contribution in [-0.4, -0.2) is 19.5 Å². The first-order valence-corrected chi connectivity index (χ1v) is 8.94. The van der Waals surface area contributed by atoms with Crippen molar-refractivity contribution in [1.82, 2.24) is 19.5 Å². The summed E-state index contributed by atoms with van der Waals surface area (Å²) in [7, 11) is 0. The molecule has 2 heterocycles. The Kier molecular flexibility index (Phi) is 4.63. The Morgan fingerprint density at radius 3 is 2.59 bits per heavy atom. The van der Waals surface area contributed by atoms with Crippen molar-refractivity contribution < 1.29 is 0 Å². The zero-order chi connectivity index (χ0) is 20.4. The summed E-state index contributed by atoms with van der Waals surface area (Å²) in [5.74, 6) is 0.820. The van der Waals surface area contributed by atoms with Gasteiger partial charge in [-0.3, -0.25) is 9.36 Å². The number of anilines is 2. The van der Waals surface area contributed by atoms with Crippen molar-refractivity contribution in [3.8, 4) is 11.8 Å². The lowest BCUT2D eigenvalue weighted by Gasteiger charge is -2.20. The number of nitrogens with zero attached hydrogens (tertiary/aromatic N) is 5. The van der Waals surface area contributed by atoms with Crippen LogP contribution in [0.25, 0.3) is 16.6 Å². The number of hydrogen-bond donors (Lipinski definition) is 2. The molecule has 4 aromatic rings. The number of benzene rings is 2. The van der Waals surface area contributed by atoms with Crippen molar-refractivity contribution in [2.45, 2.75) is 13.0 Å². The van der Waals surface area contributed by atoms with Crippen molar-refractivity contribution in [2.24, 2.45) is 0 Å². The minimum absolute atomic E-state index is 0.0469. The number of fused-ring (bicyclic) bond motifs is 1. The number of rotatable bonds is 4. The van der Waals surface area contributed by atoms with Gasteiger partial charge in [-0.1, -0.05) is 30.3 Å². The van der Waals surface area contributed by atoms with Gasteiger partial charge >= 0.3 is 0 Å². The van der Waals surface area contributed by atoms with Crippen molar-refractivity contribution in [1.29, 1.82) is 5.26 Å². The lowest BCUT2D eigenvalue weighted by Crippen LogP contribution is -2.27. The quantitative estimate of drug-likeness (QED) is 0.555. The van der Waals surface area contributed by atoms with Crippen LogP contribution in [0.1, 0.15) is 24.4 Å². The van der Waals surface area contributed by atoms with E-state index in [1.165, 1.54) is 6.20 Å². The van der Waals surface area contributed by atoms with Gasteiger partial charge in [0.2, 0.25) is 5.95 Å². The first-order valence-electron chi connectivity index (χ1n) is 8.94. The third-order valence-electron chi connectivity index (χ3n) is 4.48. The van der Waals surface area contributed by atoms with Crippen LogP contribution in [-0.2, 0) is 0 Å². The fourth-order valence-electron chi connectivity index (χ4n) is 3.12. The van der Waals surface area contributed by atoms with Gasteiger partial charge in [0.1, 0.15) is 23.3 Å². The predicted molar refractivity (Wildman–Crippen MR) is 111 cm³/mol. The lowest BCUT2D eigenvalue weighted by atomic mass is 10.2. The Morgan fingerprint density at radius 1 is 1.10 bits per heavy atom. The Labute approximate surface area is 166 Å². The second-order valence-electron chi connectivity index (χ2n) is 6.43. The molecule has 0 spiro atoms. The van der Waals surface area contributed by atoms with Gasteiger partial charge < -0.3 is 11.1 Å². The van der Waals surface area contributed by atoms with Gasteiger partial charge in [0.25, 0.3) is 5.56 Å². The number of nitriles is 1. The maximum absolute atomic E-state index is 13.3. The molecular weight excluding hydrogens is 366 g/mol. The molecule has 0 amide bonds. The molecule has 0 saturated carbocycles. The largest absolute Gasteiger partial charge is 0.368 e. The van der Waals surface area contributed by atoms with Gasteiger partial charge in [-0.25, -0.2) is 9.97 Å². The fraction of sp³-hybridized carbons (Fsp3) is 0.0952. The normalized spacial score (nSPS) is 11.7. The van der Waals surface area contributed by atoms with Crippen LogP contribution >= 0.6 is 0 Å². The summed E-state index contributed by atoms with van der Waals surface area (Å²) in [5, 5.41) is 13.0. The SMILES string of the molecule is CC(Nc1nc(N)ncc1C#N)c1nc2ccccc2c(=O)n1-c1ccccc1. The van der Waals surface area contributed by atoms with E-state index in [0.717, 1.165) is 0 Å². The van der Waals surface area contributed by atoms with Gasteiger partial charge in [0.15, 0.2) is 0 Å². The first kappa shape index (κ1) is 18.1. The average Bonchev–Trinajstić information content (AvgIpc) is 2.74. The number of nitrogen functional groups attached to an aromatic ring is 1. The zero-order valence-corrected chi connectivity index (χ0v) is 15.6. The number of nitrogens with one attached hydrogen (secondary N) is 1. The summed E-state index contributed by atoms with van der Waals surface area (Å²) in [6, 6.07) is 18.1. The highest BCUT2D eigenvalue weighted by molar-refractivity contribution is 5.78. The van der Waals surface area contributed by atoms with Gasteiger partial charge in [0, 0.05) is 0 Å². The van der Waals surface area contributed by atoms with Crippen molar-refractivity contribution in [2.75, 3.05) is 11.1 Å². The zero-order valence-electron chi connectivity index (χ0n) is 15.6. The Hall–Kier alpha value is -4.25. The minimum Gasteiger partial charge on any atom is -0.368 e. The van der Waals surface area contributed by atoms with E-state index in [1.54, 1.807) is 16.7 Å². The van der Waals surface area contributed by atoms with Gasteiger partial charge in [-0.15, -0.1) is 0 Å². The van der Waals surface area contributed by atoms with Crippen LogP contribution < -0.4 is 16.6 Å². The molecule has 3 N–H and O–H groups in total. The molecule has 0 saturated heterocycles. The summed E-state index contributed by atoms with van der Waals surface area (Å²) < 4.78 is 1.57. The second-order valence-corrected chi connectivity index (χ2v) is 6.43. The summed E-state index contributed by atoms with van der Waals surface area (Å²) in [4.78, 5) is 26.0. The molecule has 2 aromatic heterocycles. The molecule has 0 bridgehead atoms. The van der Waals surface area contributed by atoms with E-state index in [1.807, 2.05) is 55.5 Å². The summed E-state index contributed by atoms with van der Waals surface area (Å²) in [5.41, 5.74) is 7.04. The molecule has 0 aliphatic carbocycles. The molecule has 8 heteroatoms. The molecule has 2 aromatic carbocycles. The maximum atomic E-state index is 13.3. The van der Waals surface area contributed by atoms with Crippen LogP contribution in [0.2, 0.25) is 0 Å². The van der Waals surface area contributed by atoms with Gasteiger partial charge in [0.05, 0.1) is 28.8 Å². The second kappa shape index (κ2) is 7.40. The molecular formula is C21H17N7O. The van der Waals surface area contributed by atoms with E-state index in [2.05, 4.69) is 15.3 Å². The van der Waals surface area contributed by atoms with Crippen molar-refractivity contribution >= 4 is 22.7 Å². The predicted octanol–water partition coefficient (Wildman–Crippen LogP) is 2.80. The molecule has 142 valence electrons. The third-order valence-corrected chi connectivity index (χ3v) is 4.48. The highest BCUT2D eigenvalue weighted by atomic mass is 16.1. The van der Waals surface area contributed by atoms with Crippen LogP contribution in [0.15, 0.2) is 65.6 Å². The fourth-order valence-corrected chi connectivity index (χ4v) is 3.12. The van der Waals surface area contributed by atoms with E-state index in [-0.39, 0.29) is 22.9 Å². The van der Waals surface area contributed by atoms with Crippen LogP contribution in [0.5, 0.6) is 0 Å². The lowest BCUT2D eigenvalue weighted by molar-refractivity contribution is 0.730. The standard InChI is InChI=1S/C21H17N7O/c1-13(25-18-14(11-22)12-24-21(23)27-18)19-26-17-10-6-5-9-16(17)20(29)28(19)15-7-3-2-4-8-15/h2-10,12-13H,1H3,(H3,23,24,25,27). The van der Waals surface area contributed by atoms with E-state index in [9.17, 15) is 10.1 Å². The minimum atomic E-state index is -0.450. The molecule has 1 unspecified atom stereocenters. The number of hydrogen-bond acceptors (Lipinski definition) is 7. The molecule has 29 heavy (non-hydrogen) atoms. The summed E-state index contributed by atoms with van der Waals surface area (Å²) in [6.45, 7) is 1.84. The first-order chi connectivity index (χ1) is 14.1. The Morgan fingerprint density at radius 2 is 1.83 bits per heavy atom. The number of aromatic nitrogens is 4. The van der Waals surface area contributed by atoms with Crippen molar-refractivity contribution in [3.05, 3.63) is 82.5 Å². The maximum Gasteiger partial charge on any atom is 0.266 e. The summed E-state index contributed by atoms with van der Waals surface area (Å²) in [6.07, 6.45) is 1.36. The summed E-state index contributed by atoms with van der Waals surface area (Å²) >= 11 is 0. The molecule has 0 aliphatic rings. The highest BCUT2D eigenvalue weighted by Gasteiger charge is 2.19. The van der Waals surface area contributed by atoms with E-state index in [0.29, 0.717) is 22.4 Å². The molecule has 0 aliphatic heterocycles. The smallest absolute Gasteiger partial charge is 0.266 e. The molecule has 4 rings (SSSR count). The number of para-hydroxylation sites is 2. The van der Waals surface area contributed by atoms with Crippen LogP contribution in [0, 0.1) is 11.3 Å². The van der Waals surface area contributed by atoms with E-state index in [4.69, 9.17) is 10.7 Å². The van der Waals surface area contributed by atoms with E-state index < -0.39 is 6.04 Å². The Balaban J connectivity index is 1.90.